The molecule has 2 saturated carbocycles. The van der Waals surface area contributed by atoms with Gasteiger partial charge >= 0.3 is 0 Å². The number of hydrogen-bond donors (Lipinski definition) is 4. The third kappa shape index (κ3) is 9.98. The van der Waals surface area contributed by atoms with Crippen molar-refractivity contribution in [3.63, 3.8) is 0 Å². The number of carbonyl (C=O) groups excluding carboxylic acids is 2. The average molecular weight is 1050 g/mol. The van der Waals surface area contributed by atoms with E-state index in [1.54, 1.807) is 133 Å². The highest BCUT2D eigenvalue weighted by molar-refractivity contribution is 7.94. The lowest BCUT2D eigenvalue weighted by molar-refractivity contribution is -0.601. The first-order chi connectivity index (χ1) is 34.3. The van der Waals surface area contributed by atoms with Crippen molar-refractivity contribution >= 4 is 88.1 Å². The molecule has 4 N–H and O–H groups in total. The predicted octanol–water partition coefficient (Wildman–Crippen LogP) is 4.30. The van der Waals surface area contributed by atoms with Gasteiger partial charge in [0.25, 0.3) is 31.2 Å². The maximum Gasteiger partial charge on any atom is 0.277 e. The van der Waals surface area contributed by atoms with Crippen LogP contribution in [0.25, 0.3) is 44.1 Å². The highest BCUT2D eigenvalue weighted by atomic mass is 32.3. The number of anilines is 2. The van der Waals surface area contributed by atoms with Crippen LogP contribution in [0, 0.1) is 25.7 Å². The SMILES string of the molecule is CNC(=O)C1CC(n2cnc3ccc(-c4cncc(NS(=O)(=O)c5s[n+](C)cc5C)c4)cc3c2=O)C1.CNC(=O)C1CC(n2cnc3ccc(-c4cncc(NS(=O)(=O)c5s[n+](C)cc5C)c4)cc3c2=O)C1. The van der Waals surface area contributed by atoms with Gasteiger partial charge in [-0.1, -0.05) is 12.1 Å². The Balaban J connectivity index is 0.000000178. The second kappa shape index (κ2) is 19.7. The quantitative estimate of drug-likeness (QED) is 0.125. The standard InChI is InChI=1S/2C24H24N6O4S2/c2*1-14-12-29(3)35-24(14)36(33,34)28-18-6-17(10-26-11-18)15-4-5-21-20(9-15)23(32)30(13-27-21)19-7-16(8-19)22(31)25-2/h2*4-6,9-13,16,19,28H,7-8H2,1-3H3/p+2. The highest BCUT2D eigenvalue weighted by Crippen LogP contribution is 2.38. The van der Waals surface area contributed by atoms with E-state index >= 15 is 0 Å². The van der Waals surface area contributed by atoms with Crippen molar-refractivity contribution in [2.24, 2.45) is 25.9 Å². The third-order valence-electron chi connectivity index (χ3n) is 12.8. The average Bonchev–Trinajstić information content (AvgIpc) is 3.87. The Hall–Kier alpha value is -7.28. The number of sulfonamides is 2. The molecule has 0 atom stereocenters. The smallest absolute Gasteiger partial charge is 0.277 e. The molecular formula is C48H50N12O8S4+2. The number of aryl methyl sites for hydroxylation is 4. The topological polar surface area (TPSA) is 254 Å². The van der Waals surface area contributed by atoms with Gasteiger partial charge in [0.2, 0.25) is 20.2 Å². The van der Waals surface area contributed by atoms with Gasteiger partial charge in [-0.05, 0) is 87.1 Å². The van der Waals surface area contributed by atoms with Crippen LogP contribution in [0.1, 0.15) is 48.9 Å². The molecular weight excluding hydrogens is 1000 g/mol. The fourth-order valence-corrected chi connectivity index (χ4v) is 14.0. The minimum atomic E-state index is -3.77. The zero-order valence-corrected chi connectivity index (χ0v) is 43.1. The summed E-state index contributed by atoms with van der Waals surface area (Å²) in [6.45, 7) is 3.50. The molecule has 6 heterocycles. The lowest BCUT2D eigenvalue weighted by Crippen LogP contribution is -2.41. The molecule has 0 aliphatic heterocycles. The van der Waals surface area contributed by atoms with Crippen LogP contribution >= 0.6 is 23.1 Å². The van der Waals surface area contributed by atoms with Gasteiger partial charge in [0.15, 0.2) is 49.6 Å². The van der Waals surface area contributed by atoms with Crippen molar-refractivity contribution in [3.8, 4) is 22.3 Å². The molecule has 0 bridgehead atoms. The van der Waals surface area contributed by atoms with Gasteiger partial charge in [-0.25, -0.2) is 26.8 Å². The van der Waals surface area contributed by atoms with Crippen molar-refractivity contribution in [2.75, 3.05) is 23.5 Å². The second-order valence-corrected chi connectivity index (χ2v) is 23.9. The van der Waals surface area contributed by atoms with Gasteiger partial charge < -0.3 is 10.6 Å². The molecule has 8 aromatic rings. The zero-order valence-electron chi connectivity index (χ0n) is 39.9. The molecule has 6 aromatic heterocycles. The van der Waals surface area contributed by atoms with Gasteiger partial charge in [-0.3, -0.25) is 47.7 Å². The van der Waals surface area contributed by atoms with Crippen molar-refractivity contribution in [2.45, 2.75) is 60.0 Å². The summed E-state index contributed by atoms with van der Waals surface area (Å²) in [4.78, 5) is 67.4. The molecule has 0 saturated heterocycles. The number of rotatable bonds is 12. The molecule has 0 radical (unpaired) electrons. The maximum absolute atomic E-state index is 13.3. The molecule has 372 valence electrons. The fourth-order valence-electron chi connectivity index (χ4n) is 8.96. The Morgan fingerprint density at radius 3 is 1.33 bits per heavy atom. The predicted molar refractivity (Wildman–Crippen MR) is 272 cm³/mol. The van der Waals surface area contributed by atoms with Crippen molar-refractivity contribution in [3.05, 3.63) is 130 Å². The van der Waals surface area contributed by atoms with Crippen LogP contribution in [0.15, 0.2) is 116 Å². The van der Waals surface area contributed by atoms with Gasteiger partial charge in [-0.15, -0.1) is 7.91 Å². The van der Waals surface area contributed by atoms with Crippen LogP contribution in [0.5, 0.6) is 0 Å². The number of fused-ring (bicyclic) bond motifs is 2. The summed E-state index contributed by atoms with van der Waals surface area (Å²) in [5.41, 5.74) is 5.47. The molecule has 2 aliphatic rings. The van der Waals surface area contributed by atoms with Crippen LogP contribution in [0.4, 0.5) is 11.4 Å². The summed E-state index contributed by atoms with van der Waals surface area (Å²) in [5, 5.41) is 6.20. The van der Waals surface area contributed by atoms with Gasteiger partial charge in [0.05, 0.1) is 69.4 Å². The Bertz CT molecular complexity index is 3560. The second-order valence-electron chi connectivity index (χ2n) is 17.9. The van der Waals surface area contributed by atoms with E-state index < -0.39 is 20.0 Å². The molecule has 20 nitrogen and oxygen atoms in total. The lowest BCUT2D eigenvalue weighted by atomic mass is 9.79. The number of nitrogens with zero attached hydrogens (tertiary/aromatic N) is 8. The zero-order chi connectivity index (χ0) is 51.2. The molecule has 10 rings (SSSR count). The Morgan fingerprint density at radius 1 is 0.597 bits per heavy atom. The number of benzene rings is 2. The first-order valence-corrected chi connectivity index (χ1v) is 27.2. The molecule has 24 heteroatoms. The van der Waals surface area contributed by atoms with Crippen LogP contribution < -0.4 is 39.1 Å². The van der Waals surface area contributed by atoms with E-state index in [9.17, 15) is 36.0 Å². The van der Waals surface area contributed by atoms with Gasteiger partial charge in [0.1, 0.15) is 0 Å². The maximum atomic E-state index is 13.3. The summed E-state index contributed by atoms with van der Waals surface area (Å²) in [5.74, 6) is -0.207. The van der Waals surface area contributed by atoms with Crippen LogP contribution in [-0.2, 0) is 43.7 Å². The largest absolute Gasteiger partial charge is 0.359 e. The first kappa shape index (κ1) is 49.7. The molecule has 0 unspecified atom stereocenters. The summed E-state index contributed by atoms with van der Waals surface area (Å²) >= 11 is 2.27. The molecule has 2 amide bonds. The fraction of sp³-hybridized carbons (Fsp3) is 0.292. The number of aromatic nitrogens is 8. The Labute approximate surface area is 421 Å². The molecule has 0 spiro atoms. The number of amides is 2. The number of nitrogens with one attached hydrogen (secondary N) is 4. The number of carbonyl (C=O) groups is 2. The molecule has 2 aliphatic carbocycles. The minimum absolute atomic E-state index is 0.0125. The minimum Gasteiger partial charge on any atom is -0.359 e. The number of hydrogen-bond acceptors (Lipinski definition) is 14. The van der Waals surface area contributed by atoms with Crippen molar-refractivity contribution < 1.29 is 34.3 Å². The molecule has 72 heavy (non-hydrogen) atoms. The van der Waals surface area contributed by atoms with E-state index in [0.29, 0.717) is 92.2 Å². The van der Waals surface area contributed by atoms with Crippen LogP contribution in [0.2, 0.25) is 0 Å². The summed E-state index contributed by atoms with van der Waals surface area (Å²) in [6, 6.07) is 13.9. The Kier molecular flexibility index (Phi) is 13.6. The van der Waals surface area contributed by atoms with E-state index in [-0.39, 0.29) is 55.3 Å². The summed E-state index contributed by atoms with van der Waals surface area (Å²) in [6.07, 6.45) is 15.1. The van der Waals surface area contributed by atoms with Gasteiger partial charge in [0, 0.05) is 61.5 Å². The van der Waals surface area contributed by atoms with Crippen LogP contribution in [-0.4, -0.2) is 71.8 Å². The normalized spacial score (nSPS) is 17.5. The Morgan fingerprint density at radius 2 is 0.986 bits per heavy atom. The van der Waals surface area contributed by atoms with Gasteiger partial charge in [-0.2, -0.15) is 0 Å². The van der Waals surface area contributed by atoms with E-state index in [1.807, 2.05) is 12.1 Å². The van der Waals surface area contributed by atoms with E-state index in [2.05, 4.69) is 40.0 Å². The third-order valence-corrected chi connectivity index (χ3v) is 19.0. The van der Waals surface area contributed by atoms with Crippen LogP contribution in [0.3, 0.4) is 0 Å². The first-order valence-electron chi connectivity index (χ1n) is 22.7. The van der Waals surface area contributed by atoms with E-state index in [4.69, 9.17) is 0 Å². The molecule has 2 fully saturated rings. The molecule has 2 aromatic carbocycles. The van der Waals surface area contributed by atoms with E-state index in [1.165, 1.54) is 12.4 Å². The highest BCUT2D eigenvalue weighted by Gasteiger charge is 2.37. The van der Waals surface area contributed by atoms with Crippen molar-refractivity contribution in [1.82, 2.24) is 39.7 Å². The summed E-state index contributed by atoms with van der Waals surface area (Å²) < 4.78 is 63.9. The summed E-state index contributed by atoms with van der Waals surface area (Å²) in [7, 11) is -0.755. The monoisotopic (exact) mass is 1050 g/mol. The van der Waals surface area contributed by atoms with E-state index in [0.717, 1.165) is 23.1 Å². The number of pyridine rings is 2. The lowest BCUT2D eigenvalue weighted by Gasteiger charge is -2.34. The van der Waals surface area contributed by atoms with Crippen molar-refractivity contribution in [1.29, 1.82) is 0 Å².